The van der Waals surface area contributed by atoms with Gasteiger partial charge in [-0.25, -0.2) is 0 Å². The van der Waals surface area contributed by atoms with Gasteiger partial charge in [-0.3, -0.25) is 0 Å². The molecule has 0 fully saturated rings. The third-order valence-corrected chi connectivity index (χ3v) is 4.59. The summed E-state index contributed by atoms with van der Waals surface area (Å²) >= 11 is 0. The quantitative estimate of drug-likeness (QED) is 0.599. The highest BCUT2D eigenvalue weighted by molar-refractivity contribution is 5.40. The Bertz CT molecular complexity index is 399. The SMILES string of the molecule is CCCCC(CC)C(NCCC)c1c(C)cc(C)cc1C. The predicted molar refractivity (Wildman–Crippen MR) is 95.0 cm³/mol. The molecule has 1 aromatic carbocycles. The maximum absolute atomic E-state index is 3.85. The van der Waals surface area contributed by atoms with Crippen LogP contribution >= 0.6 is 0 Å². The summed E-state index contributed by atoms with van der Waals surface area (Å²) in [5, 5.41) is 3.85. The molecule has 120 valence electrons. The van der Waals surface area contributed by atoms with Crippen molar-refractivity contribution < 1.29 is 0 Å². The Morgan fingerprint density at radius 2 is 1.57 bits per heavy atom. The van der Waals surface area contributed by atoms with Crippen molar-refractivity contribution in [2.75, 3.05) is 6.54 Å². The van der Waals surface area contributed by atoms with Crippen molar-refractivity contribution in [1.82, 2.24) is 5.32 Å². The topological polar surface area (TPSA) is 12.0 Å². The standard InChI is InChI=1S/C20H35N/c1-7-10-11-18(9-3)20(21-12-8-2)19-16(5)13-15(4)14-17(19)6/h13-14,18,20-21H,7-12H2,1-6H3. The van der Waals surface area contributed by atoms with E-state index in [-0.39, 0.29) is 0 Å². The lowest BCUT2D eigenvalue weighted by atomic mass is 9.82. The van der Waals surface area contributed by atoms with Gasteiger partial charge in [-0.1, -0.05) is 57.7 Å². The van der Waals surface area contributed by atoms with E-state index in [0.717, 1.165) is 12.5 Å². The van der Waals surface area contributed by atoms with Crippen LogP contribution in [0.4, 0.5) is 0 Å². The van der Waals surface area contributed by atoms with Crippen LogP contribution in [-0.4, -0.2) is 6.54 Å². The zero-order valence-corrected chi connectivity index (χ0v) is 15.1. The smallest absolute Gasteiger partial charge is 0.0353 e. The molecule has 0 amide bonds. The largest absolute Gasteiger partial charge is 0.310 e. The summed E-state index contributed by atoms with van der Waals surface area (Å²) < 4.78 is 0. The Morgan fingerprint density at radius 3 is 2.05 bits per heavy atom. The maximum Gasteiger partial charge on any atom is 0.0353 e. The first-order chi connectivity index (χ1) is 10.0. The summed E-state index contributed by atoms with van der Waals surface area (Å²) in [6.07, 6.45) is 6.43. The van der Waals surface area contributed by atoms with Crippen molar-refractivity contribution >= 4 is 0 Å². The maximum atomic E-state index is 3.85. The minimum absolute atomic E-state index is 0.516. The second-order valence-electron chi connectivity index (χ2n) is 6.55. The van der Waals surface area contributed by atoms with Gasteiger partial charge < -0.3 is 5.32 Å². The summed E-state index contributed by atoms with van der Waals surface area (Å²) in [5.74, 6) is 0.747. The molecule has 0 aliphatic carbocycles. The lowest BCUT2D eigenvalue weighted by molar-refractivity contribution is 0.322. The van der Waals surface area contributed by atoms with Crippen molar-refractivity contribution in [2.24, 2.45) is 5.92 Å². The number of benzene rings is 1. The summed E-state index contributed by atoms with van der Waals surface area (Å²) in [4.78, 5) is 0. The van der Waals surface area contributed by atoms with E-state index in [2.05, 4.69) is 59.0 Å². The van der Waals surface area contributed by atoms with Gasteiger partial charge in [0.1, 0.15) is 0 Å². The summed E-state index contributed by atoms with van der Waals surface area (Å²) in [6, 6.07) is 5.20. The van der Waals surface area contributed by atoms with Crippen molar-refractivity contribution in [3.05, 3.63) is 34.4 Å². The molecule has 0 radical (unpaired) electrons. The van der Waals surface area contributed by atoms with Crippen LogP contribution in [-0.2, 0) is 0 Å². The van der Waals surface area contributed by atoms with Crippen LogP contribution in [0, 0.1) is 26.7 Å². The zero-order chi connectivity index (χ0) is 15.8. The fourth-order valence-electron chi connectivity index (χ4n) is 3.56. The second-order valence-corrected chi connectivity index (χ2v) is 6.55. The van der Waals surface area contributed by atoms with Gasteiger partial charge in [-0.2, -0.15) is 0 Å². The molecule has 2 atom stereocenters. The molecule has 0 aromatic heterocycles. The highest BCUT2D eigenvalue weighted by Gasteiger charge is 2.23. The molecule has 0 aliphatic heterocycles. The van der Waals surface area contributed by atoms with E-state index in [9.17, 15) is 0 Å². The Kier molecular flexibility index (Phi) is 8.03. The van der Waals surface area contributed by atoms with Crippen LogP contribution in [0.5, 0.6) is 0 Å². The highest BCUT2D eigenvalue weighted by atomic mass is 14.9. The fraction of sp³-hybridized carbons (Fsp3) is 0.700. The number of hydrogen-bond donors (Lipinski definition) is 1. The van der Waals surface area contributed by atoms with Crippen LogP contribution in [0.25, 0.3) is 0 Å². The van der Waals surface area contributed by atoms with E-state index in [0.29, 0.717) is 6.04 Å². The predicted octanol–water partition coefficient (Wildman–Crippen LogP) is 5.87. The number of nitrogens with one attached hydrogen (secondary N) is 1. The normalized spacial score (nSPS) is 14.2. The van der Waals surface area contributed by atoms with E-state index in [1.54, 1.807) is 5.56 Å². The van der Waals surface area contributed by atoms with E-state index in [1.807, 2.05) is 0 Å². The molecule has 1 N–H and O–H groups in total. The molecule has 0 saturated carbocycles. The van der Waals surface area contributed by atoms with E-state index in [1.165, 1.54) is 48.8 Å². The monoisotopic (exact) mass is 289 g/mol. The van der Waals surface area contributed by atoms with Gasteiger partial charge in [0.15, 0.2) is 0 Å². The molecule has 1 rings (SSSR count). The number of hydrogen-bond acceptors (Lipinski definition) is 1. The molecule has 1 aromatic rings. The zero-order valence-electron chi connectivity index (χ0n) is 15.1. The molecular weight excluding hydrogens is 254 g/mol. The summed E-state index contributed by atoms with van der Waals surface area (Å²) in [5.41, 5.74) is 5.84. The van der Waals surface area contributed by atoms with Gasteiger partial charge in [0, 0.05) is 6.04 Å². The molecular formula is C20H35N. The lowest BCUT2D eigenvalue weighted by Crippen LogP contribution is -2.30. The molecule has 0 bridgehead atoms. The Morgan fingerprint density at radius 1 is 0.952 bits per heavy atom. The average molecular weight is 290 g/mol. The fourth-order valence-corrected chi connectivity index (χ4v) is 3.56. The van der Waals surface area contributed by atoms with Crippen LogP contribution in [0.2, 0.25) is 0 Å². The molecule has 1 nitrogen and oxygen atoms in total. The van der Waals surface area contributed by atoms with Gasteiger partial charge in [-0.05, 0) is 62.8 Å². The minimum atomic E-state index is 0.516. The molecule has 0 heterocycles. The number of rotatable bonds is 9. The number of aryl methyl sites for hydroxylation is 3. The molecule has 2 unspecified atom stereocenters. The first-order valence-electron chi connectivity index (χ1n) is 8.86. The molecule has 0 spiro atoms. The Labute approximate surface area is 132 Å². The number of unbranched alkanes of at least 4 members (excludes halogenated alkanes) is 1. The van der Waals surface area contributed by atoms with Crippen LogP contribution in [0.15, 0.2) is 12.1 Å². The highest BCUT2D eigenvalue weighted by Crippen LogP contribution is 2.33. The van der Waals surface area contributed by atoms with Crippen molar-refractivity contribution in [1.29, 1.82) is 0 Å². The van der Waals surface area contributed by atoms with E-state index < -0.39 is 0 Å². The second kappa shape index (κ2) is 9.25. The lowest BCUT2D eigenvalue weighted by Gasteiger charge is -2.31. The Balaban J connectivity index is 3.11. The molecule has 0 saturated heterocycles. The van der Waals surface area contributed by atoms with Gasteiger partial charge in [-0.15, -0.1) is 0 Å². The summed E-state index contributed by atoms with van der Waals surface area (Å²) in [7, 11) is 0. The first kappa shape index (κ1) is 18.2. The van der Waals surface area contributed by atoms with Gasteiger partial charge in [0.2, 0.25) is 0 Å². The van der Waals surface area contributed by atoms with Crippen LogP contribution < -0.4 is 5.32 Å². The Hall–Kier alpha value is -0.820. The third kappa shape index (κ3) is 5.14. The molecule has 21 heavy (non-hydrogen) atoms. The van der Waals surface area contributed by atoms with Crippen LogP contribution in [0.3, 0.4) is 0 Å². The van der Waals surface area contributed by atoms with Crippen LogP contribution in [0.1, 0.15) is 81.2 Å². The third-order valence-electron chi connectivity index (χ3n) is 4.59. The van der Waals surface area contributed by atoms with Crippen molar-refractivity contribution in [2.45, 2.75) is 79.7 Å². The molecule has 1 heteroatoms. The van der Waals surface area contributed by atoms with Crippen molar-refractivity contribution in [3.63, 3.8) is 0 Å². The van der Waals surface area contributed by atoms with Gasteiger partial charge >= 0.3 is 0 Å². The molecule has 0 aliphatic rings. The van der Waals surface area contributed by atoms with E-state index in [4.69, 9.17) is 0 Å². The average Bonchev–Trinajstić information content (AvgIpc) is 2.43. The van der Waals surface area contributed by atoms with Gasteiger partial charge in [0.25, 0.3) is 0 Å². The van der Waals surface area contributed by atoms with Crippen molar-refractivity contribution in [3.8, 4) is 0 Å². The summed E-state index contributed by atoms with van der Waals surface area (Å²) in [6.45, 7) is 14.8. The van der Waals surface area contributed by atoms with Gasteiger partial charge in [0.05, 0.1) is 0 Å². The minimum Gasteiger partial charge on any atom is -0.310 e. The van der Waals surface area contributed by atoms with E-state index >= 15 is 0 Å². The first-order valence-corrected chi connectivity index (χ1v) is 8.86.